The van der Waals surface area contributed by atoms with Gasteiger partial charge in [0.1, 0.15) is 12.7 Å². The summed E-state index contributed by atoms with van der Waals surface area (Å²) in [7, 11) is 0. The van der Waals surface area contributed by atoms with Crippen LogP contribution in [0, 0.1) is 5.92 Å². The predicted molar refractivity (Wildman–Crippen MR) is 85.6 cm³/mol. The van der Waals surface area contributed by atoms with Crippen molar-refractivity contribution in [2.24, 2.45) is 5.92 Å². The molecule has 2 aromatic heterocycles. The number of thiophene rings is 1. The highest BCUT2D eigenvalue weighted by Crippen LogP contribution is 2.27. The summed E-state index contributed by atoms with van der Waals surface area (Å²) in [6.07, 6.45) is 4.13. The van der Waals surface area contributed by atoms with Crippen LogP contribution in [0.1, 0.15) is 30.7 Å². The summed E-state index contributed by atoms with van der Waals surface area (Å²) in [6, 6.07) is 3.70. The molecular formula is C15H19N5O2S. The van der Waals surface area contributed by atoms with E-state index >= 15 is 0 Å². The number of hydrogen-bond acceptors (Lipinski definition) is 5. The third kappa shape index (κ3) is 3.76. The normalized spacial score (nSPS) is 22.4. The summed E-state index contributed by atoms with van der Waals surface area (Å²) >= 11 is 1.59. The van der Waals surface area contributed by atoms with Crippen molar-refractivity contribution in [1.29, 1.82) is 0 Å². The molecule has 2 N–H and O–H groups in total. The van der Waals surface area contributed by atoms with E-state index in [4.69, 9.17) is 0 Å². The second kappa shape index (κ2) is 6.91. The fourth-order valence-corrected chi connectivity index (χ4v) is 3.55. The van der Waals surface area contributed by atoms with Crippen molar-refractivity contribution in [2.75, 3.05) is 0 Å². The standard InChI is InChI=1S/C15H19N5O2S/c1-10(7-20-9-16-8-17-20)15(22)18-11-4-5-13(21)19-14(11)12-3-2-6-23-12/h2-3,6,8-11,14H,4-5,7H2,1H3,(H,18,22)(H,19,21)/t10?,11-,14-/m1/s1. The van der Waals surface area contributed by atoms with Gasteiger partial charge in [0.2, 0.25) is 11.8 Å². The number of carbonyl (C=O) groups excluding carboxylic acids is 2. The maximum Gasteiger partial charge on any atom is 0.225 e. The number of nitrogens with zero attached hydrogens (tertiary/aromatic N) is 3. The molecule has 0 radical (unpaired) electrons. The molecule has 1 unspecified atom stereocenters. The second-order valence-electron chi connectivity index (χ2n) is 5.73. The maximum absolute atomic E-state index is 12.5. The van der Waals surface area contributed by atoms with Crippen molar-refractivity contribution in [3.8, 4) is 0 Å². The minimum Gasteiger partial charge on any atom is -0.351 e. The lowest BCUT2D eigenvalue weighted by Gasteiger charge is -2.33. The van der Waals surface area contributed by atoms with E-state index in [0.717, 1.165) is 4.88 Å². The smallest absolute Gasteiger partial charge is 0.225 e. The Morgan fingerprint density at radius 3 is 3.17 bits per heavy atom. The van der Waals surface area contributed by atoms with Gasteiger partial charge in [0.15, 0.2) is 0 Å². The largest absolute Gasteiger partial charge is 0.351 e. The van der Waals surface area contributed by atoms with Gasteiger partial charge in [0, 0.05) is 11.3 Å². The first kappa shape index (κ1) is 15.7. The van der Waals surface area contributed by atoms with Crippen LogP contribution < -0.4 is 10.6 Å². The topological polar surface area (TPSA) is 88.9 Å². The van der Waals surface area contributed by atoms with Crippen LogP contribution in [0.2, 0.25) is 0 Å². The van der Waals surface area contributed by atoms with Gasteiger partial charge in [-0.15, -0.1) is 11.3 Å². The Kier molecular flexibility index (Phi) is 4.71. The number of hydrogen-bond donors (Lipinski definition) is 2. The maximum atomic E-state index is 12.5. The molecule has 122 valence electrons. The summed E-state index contributed by atoms with van der Waals surface area (Å²) in [5.41, 5.74) is 0. The van der Waals surface area contributed by atoms with E-state index in [0.29, 0.717) is 19.4 Å². The van der Waals surface area contributed by atoms with E-state index in [1.54, 1.807) is 22.3 Å². The van der Waals surface area contributed by atoms with Crippen molar-refractivity contribution in [1.82, 2.24) is 25.4 Å². The highest BCUT2D eigenvalue weighted by Gasteiger charge is 2.32. The van der Waals surface area contributed by atoms with Gasteiger partial charge >= 0.3 is 0 Å². The van der Waals surface area contributed by atoms with Crippen LogP contribution in [0.5, 0.6) is 0 Å². The first-order chi connectivity index (χ1) is 11.1. The SMILES string of the molecule is CC(Cn1cncn1)C(=O)N[C@@H]1CCC(=O)N[C@H]1c1cccs1. The van der Waals surface area contributed by atoms with Crippen molar-refractivity contribution >= 4 is 23.2 Å². The van der Waals surface area contributed by atoms with Gasteiger partial charge < -0.3 is 10.6 Å². The zero-order valence-corrected chi connectivity index (χ0v) is 13.6. The van der Waals surface area contributed by atoms with Gasteiger partial charge in [0.25, 0.3) is 0 Å². The number of carbonyl (C=O) groups is 2. The molecule has 3 atom stereocenters. The van der Waals surface area contributed by atoms with Gasteiger partial charge in [-0.3, -0.25) is 14.3 Å². The molecule has 2 amide bonds. The Morgan fingerprint density at radius 2 is 2.48 bits per heavy atom. The third-order valence-corrected chi connectivity index (χ3v) is 4.91. The third-order valence-electron chi connectivity index (χ3n) is 3.95. The minimum absolute atomic E-state index is 0.0320. The van der Waals surface area contributed by atoms with Gasteiger partial charge in [-0.1, -0.05) is 13.0 Å². The van der Waals surface area contributed by atoms with Gasteiger partial charge in [-0.05, 0) is 17.9 Å². The minimum atomic E-state index is -0.224. The first-order valence-electron chi connectivity index (χ1n) is 7.59. The molecule has 2 aromatic rings. The average Bonchev–Trinajstić information content (AvgIpc) is 3.22. The number of rotatable bonds is 5. The number of amides is 2. The van der Waals surface area contributed by atoms with E-state index < -0.39 is 0 Å². The molecule has 1 aliphatic heterocycles. The van der Waals surface area contributed by atoms with Crippen molar-refractivity contribution in [3.05, 3.63) is 35.0 Å². The predicted octanol–water partition coefficient (Wildman–Crippen LogP) is 1.11. The lowest BCUT2D eigenvalue weighted by Crippen LogP contribution is -2.51. The van der Waals surface area contributed by atoms with Gasteiger partial charge in [0.05, 0.1) is 24.5 Å². The average molecular weight is 333 g/mol. The Balaban J connectivity index is 1.64. The molecule has 23 heavy (non-hydrogen) atoms. The summed E-state index contributed by atoms with van der Waals surface area (Å²) in [4.78, 5) is 29.1. The summed E-state index contributed by atoms with van der Waals surface area (Å²) in [6.45, 7) is 2.34. The van der Waals surface area contributed by atoms with Crippen LogP contribution in [-0.2, 0) is 16.1 Å². The van der Waals surface area contributed by atoms with Crippen molar-refractivity contribution < 1.29 is 9.59 Å². The van der Waals surface area contributed by atoms with Crippen LogP contribution >= 0.6 is 11.3 Å². The van der Waals surface area contributed by atoms with E-state index in [2.05, 4.69) is 20.7 Å². The fourth-order valence-electron chi connectivity index (χ4n) is 2.71. The number of piperidine rings is 1. The van der Waals surface area contributed by atoms with E-state index in [1.165, 1.54) is 6.33 Å². The van der Waals surface area contributed by atoms with Gasteiger partial charge in [-0.25, -0.2) is 4.98 Å². The molecule has 8 heteroatoms. The first-order valence-corrected chi connectivity index (χ1v) is 8.47. The van der Waals surface area contributed by atoms with Crippen LogP contribution in [0.4, 0.5) is 0 Å². The Hall–Kier alpha value is -2.22. The Morgan fingerprint density at radius 1 is 1.61 bits per heavy atom. The molecular weight excluding hydrogens is 314 g/mol. The highest BCUT2D eigenvalue weighted by molar-refractivity contribution is 7.10. The zero-order chi connectivity index (χ0) is 16.2. The quantitative estimate of drug-likeness (QED) is 0.858. The fraction of sp³-hybridized carbons (Fsp3) is 0.467. The molecule has 1 saturated heterocycles. The lowest BCUT2D eigenvalue weighted by atomic mass is 9.96. The summed E-state index contributed by atoms with van der Waals surface area (Å²) < 4.78 is 1.64. The monoisotopic (exact) mass is 333 g/mol. The van der Waals surface area contributed by atoms with E-state index in [9.17, 15) is 9.59 Å². The molecule has 3 heterocycles. The van der Waals surface area contributed by atoms with Gasteiger partial charge in [-0.2, -0.15) is 5.10 Å². The molecule has 0 bridgehead atoms. The summed E-state index contributed by atoms with van der Waals surface area (Å²) in [5, 5.41) is 12.1. The molecule has 1 aliphatic rings. The summed E-state index contributed by atoms with van der Waals surface area (Å²) in [5.74, 6) is -0.230. The Labute approximate surface area is 138 Å². The molecule has 0 saturated carbocycles. The van der Waals surface area contributed by atoms with Crippen LogP contribution in [0.3, 0.4) is 0 Å². The molecule has 1 fully saturated rings. The molecule has 0 spiro atoms. The second-order valence-corrected chi connectivity index (χ2v) is 6.71. The molecule has 0 aromatic carbocycles. The highest BCUT2D eigenvalue weighted by atomic mass is 32.1. The van der Waals surface area contributed by atoms with Crippen LogP contribution in [0.25, 0.3) is 0 Å². The number of aromatic nitrogens is 3. The van der Waals surface area contributed by atoms with E-state index in [-0.39, 0.29) is 29.8 Å². The molecule has 7 nitrogen and oxygen atoms in total. The number of nitrogens with one attached hydrogen (secondary N) is 2. The Bertz CT molecular complexity index is 655. The molecule has 0 aliphatic carbocycles. The van der Waals surface area contributed by atoms with Crippen molar-refractivity contribution in [2.45, 2.75) is 38.4 Å². The lowest BCUT2D eigenvalue weighted by molar-refractivity contribution is -0.129. The zero-order valence-electron chi connectivity index (χ0n) is 12.8. The van der Waals surface area contributed by atoms with Crippen LogP contribution in [0.15, 0.2) is 30.2 Å². The van der Waals surface area contributed by atoms with Crippen molar-refractivity contribution in [3.63, 3.8) is 0 Å². The van der Waals surface area contributed by atoms with Crippen LogP contribution in [-0.4, -0.2) is 32.6 Å². The molecule has 3 rings (SSSR count). The van der Waals surface area contributed by atoms with E-state index in [1.807, 2.05) is 24.4 Å².